The zero-order chi connectivity index (χ0) is 14.9. The number of aromatic nitrogens is 2. The smallest absolute Gasteiger partial charge is 0.188 e. The highest BCUT2D eigenvalue weighted by Crippen LogP contribution is 2.11. The van der Waals surface area contributed by atoms with Gasteiger partial charge in [-0.2, -0.15) is 5.10 Å². The number of nitrogens with zero attached hydrogens (tertiary/aromatic N) is 3. The predicted molar refractivity (Wildman–Crippen MR) is 86.0 cm³/mol. The predicted octanol–water partition coefficient (Wildman–Crippen LogP) is 2.14. The fourth-order valence-corrected chi connectivity index (χ4v) is 2.05. The van der Waals surface area contributed by atoms with Gasteiger partial charge in [-0.15, -0.1) is 0 Å². The zero-order valence-electron chi connectivity index (χ0n) is 12.5. The van der Waals surface area contributed by atoms with Crippen molar-refractivity contribution >= 4 is 5.96 Å². The number of aliphatic imine (C=N–C) groups is 1. The van der Waals surface area contributed by atoms with Crippen LogP contribution >= 0.6 is 0 Å². The first-order valence-electron chi connectivity index (χ1n) is 7.37. The fourth-order valence-electron chi connectivity index (χ4n) is 2.05. The summed E-state index contributed by atoms with van der Waals surface area (Å²) in [5, 5.41) is 7.37. The lowest BCUT2D eigenvalue weighted by molar-refractivity contribution is 0.681. The number of nitrogens with one attached hydrogen (secondary N) is 1. The molecule has 0 spiro atoms. The summed E-state index contributed by atoms with van der Waals surface area (Å²) in [5.41, 5.74) is 8.26. The molecule has 5 heteroatoms. The summed E-state index contributed by atoms with van der Waals surface area (Å²) in [6.45, 7) is 4.37. The van der Waals surface area contributed by atoms with Crippen LogP contribution in [0.25, 0.3) is 0 Å². The maximum Gasteiger partial charge on any atom is 0.188 e. The summed E-state index contributed by atoms with van der Waals surface area (Å²) in [5.74, 6) is 0.511. The first kappa shape index (κ1) is 15.1. The Balaban J connectivity index is 1.98. The van der Waals surface area contributed by atoms with Gasteiger partial charge in [0.25, 0.3) is 0 Å². The van der Waals surface area contributed by atoms with Gasteiger partial charge in [0.2, 0.25) is 0 Å². The average Bonchev–Trinajstić information content (AvgIpc) is 3.00. The van der Waals surface area contributed by atoms with E-state index < -0.39 is 0 Å². The van der Waals surface area contributed by atoms with E-state index >= 15 is 0 Å². The molecule has 1 aromatic heterocycles. The molecule has 3 N–H and O–H groups in total. The van der Waals surface area contributed by atoms with E-state index in [0.29, 0.717) is 12.5 Å². The maximum absolute atomic E-state index is 5.87. The molecule has 5 nitrogen and oxygen atoms in total. The maximum atomic E-state index is 5.87. The normalized spacial score (nSPS) is 11.6. The van der Waals surface area contributed by atoms with Crippen molar-refractivity contribution in [1.82, 2.24) is 15.1 Å². The van der Waals surface area contributed by atoms with Gasteiger partial charge in [-0.3, -0.25) is 4.68 Å². The molecule has 0 fully saturated rings. The Morgan fingerprint density at radius 2 is 2.10 bits per heavy atom. The van der Waals surface area contributed by atoms with Crippen molar-refractivity contribution in [2.24, 2.45) is 10.7 Å². The molecule has 2 rings (SSSR count). The molecule has 21 heavy (non-hydrogen) atoms. The monoisotopic (exact) mass is 285 g/mol. The lowest BCUT2D eigenvalue weighted by Gasteiger charge is -2.09. The lowest BCUT2D eigenvalue weighted by atomic mass is 10.1. The second-order valence-electron chi connectivity index (χ2n) is 4.95. The van der Waals surface area contributed by atoms with Gasteiger partial charge in [0.1, 0.15) is 0 Å². The number of rotatable bonds is 7. The van der Waals surface area contributed by atoms with Crippen molar-refractivity contribution in [2.75, 3.05) is 6.54 Å². The van der Waals surface area contributed by atoms with Gasteiger partial charge < -0.3 is 11.1 Å². The molecule has 0 aliphatic rings. The first-order valence-corrected chi connectivity index (χ1v) is 7.37. The highest BCUT2D eigenvalue weighted by molar-refractivity contribution is 5.77. The summed E-state index contributed by atoms with van der Waals surface area (Å²) in [4.78, 5) is 4.41. The number of benzene rings is 1. The van der Waals surface area contributed by atoms with E-state index in [9.17, 15) is 0 Å². The van der Waals surface area contributed by atoms with Gasteiger partial charge in [0.15, 0.2) is 5.96 Å². The minimum absolute atomic E-state index is 0.511. The van der Waals surface area contributed by atoms with E-state index in [4.69, 9.17) is 5.73 Å². The molecule has 112 valence electrons. The van der Waals surface area contributed by atoms with Crippen molar-refractivity contribution in [2.45, 2.75) is 32.9 Å². The average molecular weight is 285 g/mol. The van der Waals surface area contributed by atoms with Crippen LogP contribution in [0.4, 0.5) is 0 Å². The number of hydrogen-bond acceptors (Lipinski definition) is 2. The molecule has 0 unspecified atom stereocenters. The third-order valence-corrected chi connectivity index (χ3v) is 3.27. The van der Waals surface area contributed by atoms with E-state index in [2.05, 4.69) is 34.5 Å². The molecule has 0 radical (unpaired) electrons. The molecule has 0 bridgehead atoms. The second-order valence-corrected chi connectivity index (χ2v) is 4.95. The second kappa shape index (κ2) is 8.09. The molecular weight excluding hydrogens is 262 g/mol. The molecular formula is C16H23N5. The Kier molecular flexibility index (Phi) is 5.82. The highest BCUT2D eigenvalue weighted by atomic mass is 15.3. The van der Waals surface area contributed by atoms with Crippen molar-refractivity contribution < 1.29 is 0 Å². The molecule has 0 amide bonds. The number of unbranched alkanes of at least 4 members (excludes halogenated alkanes) is 1. The summed E-state index contributed by atoms with van der Waals surface area (Å²) < 4.78 is 1.91. The molecule has 0 aliphatic heterocycles. The topological polar surface area (TPSA) is 68.2 Å². The number of hydrogen-bond donors (Lipinski definition) is 2. The quantitative estimate of drug-likeness (QED) is 0.465. The van der Waals surface area contributed by atoms with E-state index in [1.165, 1.54) is 11.1 Å². The van der Waals surface area contributed by atoms with Crippen LogP contribution in [0.2, 0.25) is 0 Å². The molecule has 0 atom stereocenters. The van der Waals surface area contributed by atoms with Gasteiger partial charge in [-0.1, -0.05) is 37.6 Å². The molecule has 2 aromatic rings. The third-order valence-electron chi connectivity index (χ3n) is 3.27. The summed E-state index contributed by atoms with van der Waals surface area (Å²) in [6.07, 6.45) is 6.00. The Bertz CT molecular complexity index is 560. The van der Waals surface area contributed by atoms with E-state index in [1.54, 1.807) is 6.20 Å². The standard InChI is InChI=1S/C16H23N5/c1-2-3-9-18-16(17)19-12-14-7-4-5-8-15(14)13-21-11-6-10-20-21/h4-8,10-11H,2-3,9,12-13H2,1H3,(H3,17,18,19). The minimum Gasteiger partial charge on any atom is -0.370 e. The Hall–Kier alpha value is -2.30. The van der Waals surface area contributed by atoms with Gasteiger partial charge in [0, 0.05) is 18.9 Å². The van der Waals surface area contributed by atoms with Gasteiger partial charge in [-0.05, 0) is 23.6 Å². The van der Waals surface area contributed by atoms with Crippen molar-refractivity contribution in [3.8, 4) is 0 Å². The molecule has 0 saturated heterocycles. The Labute approximate surface area is 125 Å². The number of guanidine groups is 1. The first-order chi connectivity index (χ1) is 10.3. The van der Waals surface area contributed by atoms with Crippen LogP contribution in [0.1, 0.15) is 30.9 Å². The van der Waals surface area contributed by atoms with E-state index in [-0.39, 0.29) is 0 Å². The lowest BCUT2D eigenvalue weighted by Crippen LogP contribution is -2.32. The van der Waals surface area contributed by atoms with Crippen LogP contribution in [0.15, 0.2) is 47.7 Å². The molecule has 0 aliphatic carbocycles. The number of nitrogens with two attached hydrogens (primary N) is 1. The molecule has 0 saturated carbocycles. The van der Waals surface area contributed by atoms with Crippen LogP contribution < -0.4 is 11.1 Å². The van der Waals surface area contributed by atoms with E-state index in [1.807, 2.05) is 29.1 Å². The summed E-state index contributed by atoms with van der Waals surface area (Å²) >= 11 is 0. The Morgan fingerprint density at radius 3 is 2.81 bits per heavy atom. The molecule has 1 heterocycles. The molecule has 1 aromatic carbocycles. The van der Waals surface area contributed by atoms with Crippen molar-refractivity contribution in [3.05, 3.63) is 53.9 Å². The minimum atomic E-state index is 0.511. The largest absolute Gasteiger partial charge is 0.370 e. The van der Waals surface area contributed by atoms with Crippen LogP contribution in [-0.2, 0) is 13.1 Å². The van der Waals surface area contributed by atoms with Crippen molar-refractivity contribution in [3.63, 3.8) is 0 Å². The van der Waals surface area contributed by atoms with Crippen molar-refractivity contribution in [1.29, 1.82) is 0 Å². The Morgan fingerprint density at radius 1 is 1.29 bits per heavy atom. The van der Waals surface area contributed by atoms with Crippen LogP contribution in [0.5, 0.6) is 0 Å². The van der Waals surface area contributed by atoms with Crippen LogP contribution in [0.3, 0.4) is 0 Å². The van der Waals surface area contributed by atoms with E-state index in [0.717, 1.165) is 25.9 Å². The highest BCUT2D eigenvalue weighted by Gasteiger charge is 2.02. The van der Waals surface area contributed by atoms with Crippen LogP contribution in [-0.4, -0.2) is 22.3 Å². The summed E-state index contributed by atoms with van der Waals surface area (Å²) in [6, 6.07) is 10.2. The van der Waals surface area contributed by atoms with Crippen LogP contribution in [0, 0.1) is 0 Å². The summed E-state index contributed by atoms with van der Waals surface area (Å²) in [7, 11) is 0. The van der Waals surface area contributed by atoms with Gasteiger partial charge in [-0.25, -0.2) is 4.99 Å². The zero-order valence-corrected chi connectivity index (χ0v) is 12.5. The SMILES string of the molecule is CCCCNC(N)=NCc1ccccc1Cn1cccn1. The van der Waals surface area contributed by atoms with Gasteiger partial charge in [0.05, 0.1) is 13.1 Å². The van der Waals surface area contributed by atoms with Gasteiger partial charge >= 0.3 is 0 Å². The fraction of sp³-hybridized carbons (Fsp3) is 0.375. The third kappa shape index (κ3) is 4.95.